The van der Waals surface area contributed by atoms with E-state index in [9.17, 15) is 0 Å². The van der Waals surface area contributed by atoms with Crippen molar-refractivity contribution in [1.29, 1.82) is 0 Å². The molecule has 3 rings (SSSR count). The molecule has 0 saturated heterocycles. The summed E-state index contributed by atoms with van der Waals surface area (Å²) < 4.78 is 0. The van der Waals surface area contributed by atoms with Crippen LogP contribution in [0.3, 0.4) is 0 Å². The molecule has 0 unspecified atom stereocenters. The van der Waals surface area contributed by atoms with Gasteiger partial charge >= 0.3 is 0 Å². The van der Waals surface area contributed by atoms with Crippen LogP contribution in [0, 0.1) is 6.92 Å². The zero-order valence-corrected chi connectivity index (χ0v) is 13.2. The van der Waals surface area contributed by atoms with Crippen molar-refractivity contribution < 1.29 is 0 Å². The highest BCUT2D eigenvalue weighted by atomic mass is 14.9. The van der Waals surface area contributed by atoms with Gasteiger partial charge in [-0.1, -0.05) is 78.4 Å². The first-order valence-corrected chi connectivity index (χ1v) is 7.74. The van der Waals surface area contributed by atoms with Gasteiger partial charge in [-0.05, 0) is 30.2 Å². The summed E-state index contributed by atoms with van der Waals surface area (Å²) in [5, 5.41) is 0. The summed E-state index contributed by atoms with van der Waals surface area (Å²) in [7, 11) is 0. The van der Waals surface area contributed by atoms with Crippen molar-refractivity contribution in [3.8, 4) is 0 Å². The first kappa shape index (κ1) is 15.0. The van der Waals surface area contributed by atoms with E-state index in [4.69, 9.17) is 5.73 Å². The number of rotatable bonds is 4. The molecule has 0 spiro atoms. The predicted molar refractivity (Wildman–Crippen MR) is 97.2 cm³/mol. The Morgan fingerprint density at radius 3 is 1.70 bits per heavy atom. The third-order valence-electron chi connectivity index (χ3n) is 3.85. The predicted octanol–water partition coefficient (Wildman–Crippen LogP) is 4.82. The molecule has 0 heterocycles. The van der Waals surface area contributed by atoms with Crippen LogP contribution in [0.5, 0.6) is 0 Å². The first-order valence-electron chi connectivity index (χ1n) is 7.74. The minimum Gasteiger partial charge on any atom is -0.386 e. The molecule has 0 amide bonds. The molecule has 0 aromatic heterocycles. The smallest absolute Gasteiger partial charge is 0.112 e. The van der Waals surface area contributed by atoms with Crippen molar-refractivity contribution in [3.63, 3.8) is 0 Å². The van der Waals surface area contributed by atoms with E-state index in [0.717, 1.165) is 16.8 Å². The number of amidine groups is 1. The Kier molecular flexibility index (Phi) is 4.53. The van der Waals surface area contributed by atoms with Gasteiger partial charge in [0.1, 0.15) is 5.84 Å². The molecule has 23 heavy (non-hydrogen) atoms. The van der Waals surface area contributed by atoms with Gasteiger partial charge in [0.05, 0.1) is 11.6 Å². The second-order valence-electron chi connectivity index (χ2n) is 5.63. The maximum atomic E-state index is 6.40. The van der Waals surface area contributed by atoms with Crippen molar-refractivity contribution in [2.24, 2.45) is 10.7 Å². The fraction of sp³-hybridized carbons (Fsp3) is 0.0952. The van der Waals surface area contributed by atoms with Crippen LogP contribution in [-0.2, 0) is 0 Å². The van der Waals surface area contributed by atoms with E-state index < -0.39 is 0 Å². The topological polar surface area (TPSA) is 38.4 Å². The largest absolute Gasteiger partial charge is 0.386 e. The Bertz CT molecular complexity index is 736. The molecule has 2 N–H and O–H groups in total. The van der Waals surface area contributed by atoms with Gasteiger partial charge in [-0.25, -0.2) is 4.99 Å². The summed E-state index contributed by atoms with van der Waals surface area (Å²) in [4.78, 5) is 4.65. The third kappa shape index (κ3) is 3.67. The van der Waals surface area contributed by atoms with Gasteiger partial charge in [-0.2, -0.15) is 0 Å². The Morgan fingerprint density at radius 1 is 0.739 bits per heavy atom. The van der Waals surface area contributed by atoms with E-state index in [1.54, 1.807) is 0 Å². The number of aliphatic imine (C=N–C) groups is 1. The lowest BCUT2D eigenvalue weighted by Gasteiger charge is -2.17. The number of benzene rings is 3. The molecule has 0 atom stereocenters. The van der Waals surface area contributed by atoms with E-state index in [2.05, 4.69) is 36.2 Å². The Morgan fingerprint density at radius 2 is 1.22 bits per heavy atom. The minimum atomic E-state index is -0.0429. The molecule has 3 aromatic rings. The quantitative estimate of drug-likeness (QED) is 0.544. The number of nitrogens with two attached hydrogens (primary N) is 1. The molecule has 2 nitrogen and oxygen atoms in total. The number of hydrogen-bond donors (Lipinski definition) is 1. The van der Waals surface area contributed by atoms with Crippen LogP contribution >= 0.6 is 0 Å². The van der Waals surface area contributed by atoms with E-state index in [-0.39, 0.29) is 5.92 Å². The number of hydrogen-bond acceptors (Lipinski definition) is 1. The molecular weight excluding hydrogens is 280 g/mol. The number of nitrogens with zero attached hydrogens (tertiary/aromatic N) is 1. The summed E-state index contributed by atoms with van der Waals surface area (Å²) in [5.41, 5.74) is 10.8. The Labute approximate surface area is 137 Å². The van der Waals surface area contributed by atoms with Crippen LogP contribution < -0.4 is 5.73 Å². The maximum Gasteiger partial charge on any atom is 0.112 e. The van der Waals surface area contributed by atoms with E-state index in [1.165, 1.54) is 5.56 Å². The van der Waals surface area contributed by atoms with Gasteiger partial charge in [0.2, 0.25) is 0 Å². The molecule has 114 valence electrons. The van der Waals surface area contributed by atoms with Crippen LogP contribution in [0.4, 0.5) is 5.69 Å². The highest BCUT2D eigenvalue weighted by molar-refractivity contribution is 5.92. The summed E-state index contributed by atoms with van der Waals surface area (Å²) in [6, 6.07) is 28.6. The van der Waals surface area contributed by atoms with Gasteiger partial charge in [-0.3, -0.25) is 0 Å². The molecule has 0 aliphatic heterocycles. The third-order valence-corrected chi connectivity index (χ3v) is 3.85. The zero-order chi connectivity index (χ0) is 16.1. The molecule has 0 aliphatic carbocycles. The molecule has 0 bridgehead atoms. The van der Waals surface area contributed by atoms with Gasteiger partial charge < -0.3 is 5.73 Å². The van der Waals surface area contributed by atoms with Crippen LogP contribution in [0.15, 0.2) is 89.9 Å². The summed E-state index contributed by atoms with van der Waals surface area (Å²) >= 11 is 0. The highest BCUT2D eigenvalue weighted by Crippen LogP contribution is 2.26. The lowest BCUT2D eigenvalue weighted by molar-refractivity contribution is 1.06. The molecule has 0 radical (unpaired) electrons. The standard InChI is InChI=1S/C21H20N2/c1-16-12-14-19(15-13-16)23-21(22)20(17-8-4-2-5-9-17)18-10-6-3-7-11-18/h2-15,20H,1H3,(H2,22,23). The molecular formula is C21H20N2. The van der Waals surface area contributed by atoms with Crippen LogP contribution in [0.1, 0.15) is 22.6 Å². The van der Waals surface area contributed by atoms with Gasteiger partial charge in [0, 0.05) is 0 Å². The van der Waals surface area contributed by atoms with Gasteiger partial charge in [-0.15, -0.1) is 0 Å². The SMILES string of the molecule is Cc1ccc(N=C(N)C(c2ccccc2)c2ccccc2)cc1. The Balaban J connectivity index is 2.03. The van der Waals surface area contributed by atoms with Crippen LogP contribution in [0.2, 0.25) is 0 Å². The number of aryl methyl sites for hydroxylation is 1. The second-order valence-corrected chi connectivity index (χ2v) is 5.63. The summed E-state index contributed by atoms with van der Waals surface area (Å²) in [6.45, 7) is 2.06. The van der Waals surface area contributed by atoms with Crippen molar-refractivity contribution in [1.82, 2.24) is 0 Å². The maximum absolute atomic E-state index is 6.40. The van der Waals surface area contributed by atoms with Crippen LogP contribution in [0.25, 0.3) is 0 Å². The molecule has 0 aliphatic rings. The van der Waals surface area contributed by atoms with Crippen molar-refractivity contribution in [3.05, 3.63) is 102 Å². The molecule has 0 saturated carbocycles. The van der Waals surface area contributed by atoms with Crippen molar-refractivity contribution >= 4 is 11.5 Å². The minimum absolute atomic E-state index is 0.0429. The average Bonchev–Trinajstić information content (AvgIpc) is 2.59. The lowest BCUT2D eigenvalue weighted by atomic mass is 9.90. The van der Waals surface area contributed by atoms with Crippen molar-refractivity contribution in [2.45, 2.75) is 12.8 Å². The fourth-order valence-corrected chi connectivity index (χ4v) is 2.66. The summed E-state index contributed by atoms with van der Waals surface area (Å²) in [6.07, 6.45) is 0. The average molecular weight is 300 g/mol. The van der Waals surface area contributed by atoms with Crippen molar-refractivity contribution in [2.75, 3.05) is 0 Å². The highest BCUT2D eigenvalue weighted by Gasteiger charge is 2.18. The first-order chi connectivity index (χ1) is 11.2. The monoisotopic (exact) mass is 300 g/mol. The van der Waals surface area contributed by atoms with E-state index in [1.807, 2.05) is 60.7 Å². The molecule has 2 heteroatoms. The van der Waals surface area contributed by atoms with E-state index in [0.29, 0.717) is 5.84 Å². The summed E-state index contributed by atoms with van der Waals surface area (Å²) in [5.74, 6) is 0.560. The molecule has 0 fully saturated rings. The normalized spacial score (nSPS) is 11.7. The van der Waals surface area contributed by atoms with Crippen LogP contribution in [-0.4, -0.2) is 5.84 Å². The lowest BCUT2D eigenvalue weighted by Crippen LogP contribution is -2.22. The Hall–Kier alpha value is -2.87. The molecule has 3 aromatic carbocycles. The van der Waals surface area contributed by atoms with E-state index >= 15 is 0 Å². The van der Waals surface area contributed by atoms with Gasteiger partial charge in [0.25, 0.3) is 0 Å². The van der Waals surface area contributed by atoms with Gasteiger partial charge in [0.15, 0.2) is 0 Å². The zero-order valence-electron chi connectivity index (χ0n) is 13.2. The fourth-order valence-electron chi connectivity index (χ4n) is 2.66. The second kappa shape index (κ2) is 6.93.